The highest BCUT2D eigenvalue weighted by Gasteiger charge is 2.35. The molecule has 0 amide bonds. The Morgan fingerprint density at radius 2 is 1.00 bits per heavy atom. The van der Waals surface area contributed by atoms with E-state index in [9.17, 15) is 0 Å². The fourth-order valence-electron chi connectivity index (χ4n) is 3.37. The topological polar surface area (TPSA) is 9.23 Å². The average Bonchev–Trinajstić information content (AvgIpc) is 2.45. The molecule has 1 nitrogen and oxygen atoms in total. The van der Waals surface area contributed by atoms with Gasteiger partial charge in [-0.25, -0.2) is 0 Å². The molecule has 0 bridgehead atoms. The van der Waals surface area contributed by atoms with Gasteiger partial charge in [-0.05, 0) is 35.8 Å². The van der Waals surface area contributed by atoms with E-state index in [1.54, 1.807) is 0 Å². The van der Waals surface area contributed by atoms with Crippen LogP contribution in [0.1, 0.15) is 76.0 Å². The molecule has 0 fully saturated rings. The van der Waals surface area contributed by atoms with E-state index >= 15 is 0 Å². The quantitative estimate of drug-likeness (QED) is 0.573. The lowest BCUT2D eigenvalue weighted by Crippen LogP contribution is -2.29. The first-order chi connectivity index (χ1) is 11.5. The lowest BCUT2D eigenvalue weighted by molar-refractivity contribution is -0.112. The Balaban J connectivity index is 2.46. The maximum atomic E-state index is 6.86. The molecule has 0 spiro atoms. The monoisotopic (exact) mass is 338 g/mol. The first kappa shape index (κ1) is 19.7. The molecule has 2 unspecified atom stereocenters. The van der Waals surface area contributed by atoms with Crippen LogP contribution in [0, 0.1) is 24.7 Å². The Morgan fingerprint density at radius 1 is 0.640 bits per heavy atom. The summed E-state index contributed by atoms with van der Waals surface area (Å²) in [5.74, 6) is 0. The van der Waals surface area contributed by atoms with Gasteiger partial charge >= 0.3 is 0 Å². The number of benzene rings is 2. The van der Waals surface area contributed by atoms with E-state index in [0.717, 1.165) is 0 Å². The fraction of sp³-hybridized carbons (Fsp3) is 0.500. The molecule has 0 aliphatic rings. The number of rotatable bonds is 4. The van der Waals surface area contributed by atoms with Crippen molar-refractivity contribution >= 4 is 0 Å². The summed E-state index contributed by atoms with van der Waals surface area (Å²) in [7, 11) is 0. The first-order valence-electron chi connectivity index (χ1n) is 9.27. The predicted molar refractivity (Wildman–Crippen MR) is 108 cm³/mol. The van der Waals surface area contributed by atoms with E-state index in [1.165, 1.54) is 22.3 Å². The SMILES string of the molecule is Cc1cccc(C(OC(c2cccc(C)c2)C(C)(C)C)C(C)(C)C)c1. The van der Waals surface area contributed by atoms with Gasteiger partial charge < -0.3 is 4.74 Å². The van der Waals surface area contributed by atoms with Crippen molar-refractivity contribution in [3.63, 3.8) is 0 Å². The Kier molecular flexibility index (Phi) is 5.79. The molecule has 0 N–H and O–H groups in total. The Hall–Kier alpha value is -1.60. The molecule has 2 aromatic carbocycles. The highest BCUT2D eigenvalue weighted by Crippen LogP contribution is 2.45. The van der Waals surface area contributed by atoms with Crippen molar-refractivity contribution in [3.05, 3.63) is 70.8 Å². The molecule has 0 aliphatic carbocycles. The lowest BCUT2D eigenvalue weighted by Gasteiger charge is -2.39. The van der Waals surface area contributed by atoms with Crippen LogP contribution in [-0.4, -0.2) is 0 Å². The summed E-state index contributed by atoms with van der Waals surface area (Å²) in [5.41, 5.74) is 5.10. The van der Waals surface area contributed by atoms with E-state index in [2.05, 4.69) is 104 Å². The van der Waals surface area contributed by atoms with Crippen LogP contribution < -0.4 is 0 Å². The molecule has 2 rings (SSSR count). The average molecular weight is 339 g/mol. The van der Waals surface area contributed by atoms with Crippen molar-refractivity contribution in [1.82, 2.24) is 0 Å². The molecular weight excluding hydrogens is 304 g/mol. The zero-order valence-corrected chi connectivity index (χ0v) is 17.2. The molecule has 2 aromatic rings. The number of hydrogen-bond donors (Lipinski definition) is 0. The normalized spacial score (nSPS) is 15.0. The van der Waals surface area contributed by atoms with Crippen molar-refractivity contribution in [2.75, 3.05) is 0 Å². The maximum absolute atomic E-state index is 6.86. The zero-order chi connectivity index (χ0) is 18.8. The van der Waals surface area contributed by atoms with Gasteiger partial charge in [-0.1, -0.05) is 101 Å². The van der Waals surface area contributed by atoms with E-state index in [-0.39, 0.29) is 23.0 Å². The second kappa shape index (κ2) is 7.33. The van der Waals surface area contributed by atoms with Gasteiger partial charge in [0.15, 0.2) is 0 Å². The van der Waals surface area contributed by atoms with Gasteiger partial charge in [0.25, 0.3) is 0 Å². The van der Waals surface area contributed by atoms with Gasteiger partial charge in [0, 0.05) is 0 Å². The van der Waals surface area contributed by atoms with Gasteiger partial charge in [0.1, 0.15) is 0 Å². The Morgan fingerprint density at radius 3 is 1.28 bits per heavy atom. The number of ether oxygens (including phenoxy) is 1. The third-order valence-corrected chi connectivity index (χ3v) is 4.54. The molecule has 0 radical (unpaired) electrons. The van der Waals surface area contributed by atoms with Crippen molar-refractivity contribution < 1.29 is 4.74 Å². The summed E-state index contributed by atoms with van der Waals surface area (Å²) in [6, 6.07) is 17.4. The third-order valence-electron chi connectivity index (χ3n) is 4.54. The molecule has 0 heterocycles. The largest absolute Gasteiger partial charge is 0.365 e. The van der Waals surface area contributed by atoms with Crippen LogP contribution in [-0.2, 0) is 4.74 Å². The van der Waals surface area contributed by atoms with Crippen molar-refractivity contribution in [2.24, 2.45) is 10.8 Å². The molecule has 1 heteroatoms. The lowest BCUT2D eigenvalue weighted by atomic mass is 9.81. The number of aryl methyl sites for hydroxylation is 2. The third kappa shape index (κ3) is 5.19. The van der Waals surface area contributed by atoms with Crippen LogP contribution >= 0.6 is 0 Å². The Bertz CT molecular complexity index is 639. The molecule has 25 heavy (non-hydrogen) atoms. The summed E-state index contributed by atoms with van der Waals surface area (Å²) in [6.45, 7) is 17.8. The zero-order valence-electron chi connectivity index (χ0n) is 17.2. The van der Waals surface area contributed by atoms with Gasteiger partial charge in [0.05, 0.1) is 12.2 Å². The van der Waals surface area contributed by atoms with Crippen LogP contribution in [0.3, 0.4) is 0 Å². The molecule has 136 valence electrons. The van der Waals surface area contributed by atoms with Gasteiger partial charge in [-0.15, -0.1) is 0 Å². The Labute approximate surface area is 154 Å². The molecule has 0 aromatic heterocycles. The minimum absolute atomic E-state index is 0.0150. The van der Waals surface area contributed by atoms with Crippen LogP contribution in [0.15, 0.2) is 48.5 Å². The first-order valence-corrected chi connectivity index (χ1v) is 9.27. The second-order valence-electron chi connectivity index (χ2n) is 9.46. The minimum atomic E-state index is 0.0150. The molecule has 2 atom stereocenters. The summed E-state index contributed by atoms with van der Waals surface area (Å²) in [5, 5.41) is 0. The van der Waals surface area contributed by atoms with Gasteiger partial charge in [-0.3, -0.25) is 0 Å². The minimum Gasteiger partial charge on any atom is -0.365 e. The summed E-state index contributed by atoms with van der Waals surface area (Å²) >= 11 is 0. The summed E-state index contributed by atoms with van der Waals surface area (Å²) in [4.78, 5) is 0. The molecule has 0 saturated carbocycles. The van der Waals surface area contributed by atoms with Crippen molar-refractivity contribution in [2.45, 2.75) is 67.6 Å². The summed E-state index contributed by atoms with van der Waals surface area (Å²) < 4.78 is 6.86. The van der Waals surface area contributed by atoms with Crippen LogP contribution in [0.25, 0.3) is 0 Å². The highest BCUT2D eigenvalue weighted by atomic mass is 16.5. The smallest absolute Gasteiger partial charge is 0.0881 e. The molecule has 0 saturated heterocycles. The molecular formula is C24H34O. The van der Waals surface area contributed by atoms with Crippen LogP contribution in [0.2, 0.25) is 0 Å². The second-order valence-corrected chi connectivity index (χ2v) is 9.46. The van der Waals surface area contributed by atoms with E-state index in [0.29, 0.717) is 0 Å². The van der Waals surface area contributed by atoms with Gasteiger partial charge in [0.2, 0.25) is 0 Å². The predicted octanol–water partition coefficient (Wildman–Crippen LogP) is 7.19. The highest BCUT2D eigenvalue weighted by molar-refractivity contribution is 5.28. The van der Waals surface area contributed by atoms with Gasteiger partial charge in [-0.2, -0.15) is 0 Å². The van der Waals surface area contributed by atoms with Crippen LogP contribution in [0.4, 0.5) is 0 Å². The molecule has 0 aliphatic heterocycles. The fourth-order valence-corrected chi connectivity index (χ4v) is 3.37. The standard InChI is InChI=1S/C24H34O/c1-17-11-9-13-19(15-17)21(23(3,4)5)25-22(24(6,7)8)20-14-10-12-18(2)16-20/h9-16,21-22H,1-8H3. The summed E-state index contributed by atoms with van der Waals surface area (Å²) in [6.07, 6.45) is 0.0780. The van der Waals surface area contributed by atoms with E-state index in [1.807, 2.05) is 0 Å². The van der Waals surface area contributed by atoms with E-state index in [4.69, 9.17) is 4.74 Å². The van der Waals surface area contributed by atoms with E-state index < -0.39 is 0 Å². The van der Waals surface area contributed by atoms with Crippen molar-refractivity contribution in [1.29, 1.82) is 0 Å². The number of hydrogen-bond acceptors (Lipinski definition) is 1. The van der Waals surface area contributed by atoms with Crippen LogP contribution in [0.5, 0.6) is 0 Å². The van der Waals surface area contributed by atoms with Crippen molar-refractivity contribution in [3.8, 4) is 0 Å². The maximum Gasteiger partial charge on any atom is 0.0881 e.